The number of anilines is 1. The van der Waals surface area contributed by atoms with E-state index < -0.39 is 12.0 Å². The SMILES string of the molecule is CCOC(=O)C1=C(C)Nc2nc3ccccc3n2[C@@H]1c1cc(OC)c(O)c(OC)c1. The van der Waals surface area contributed by atoms with Crippen LogP contribution in [0.15, 0.2) is 47.7 Å². The molecule has 3 aromatic rings. The normalized spacial score (nSPS) is 15.5. The van der Waals surface area contributed by atoms with Gasteiger partial charge in [-0.15, -0.1) is 0 Å². The van der Waals surface area contributed by atoms with Gasteiger partial charge in [-0.2, -0.15) is 0 Å². The van der Waals surface area contributed by atoms with Crippen LogP contribution in [0.3, 0.4) is 0 Å². The number of hydrogen-bond donors (Lipinski definition) is 2. The molecule has 0 radical (unpaired) electrons. The molecule has 1 aromatic heterocycles. The Morgan fingerprint density at radius 3 is 2.50 bits per heavy atom. The molecule has 4 rings (SSSR count). The molecule has 1 aliphatic rings. The summed E-state index contributed by atoms with van der Waals surface area (Å²) in [4.78, 5) is 17.6. The first kappa shape index (κ1) is 19.6. The van der Waals surface area contributed by atoms with Crippen LogP contribution in [-0.2, 0) is 9.53 Å². The summed E-state index contributed by atoms with van der Waals surface area (Å²) in [5.41, 5.74) is 3.43. The predicted molar refractivity (Wildman–Crippen MR) is 112 cm³/mol. The molecule has 0 saturated carbocycles. The lowest BCUT2D eigenvalue weighted by Gasteiger charge is -2.30. The smallest absolute Gasteiger partial charge is 0.338 e. The third kappa shape index (κ3) is 3.01. The molecule has 8 nitrogen and oxygen atoms in total. The molecule has 0 fully saturated rings. The predicted octanol–water partition coefficient (Wildman–Crippen LogP) is 3.61. The fraction of sp³-hybridized carbons (Fsp3) is 0.273. The molecular formula is C22H23N3O5. The first-order valence-electron chi connectivity index (χ1n) is 9.56. The summed E-state index contributed by atoms with van der Waals surface area (Å²) in [6.45, 7) is 3.84. The zero-order valence-corrected chi connectivity index (χ0v) is 17.2. The molecule has 2 N–H and O–H groups in total. The van der Waals surface area contributed by atoms with Crippen molar-refractivity contribution >= 4 is 23.0 Å². The zero-order chi connectivity index (χ0) is 21.4. The fourth-order valence-electron chi connectivity index (χ4n) is 3.82. The number of para-hydroxylation sites is 2. The van der Waals surface area contributed by atoms with E-state index in [9.17, 15) is 9.90 Å². The van der Waals surface area contributed by atoms with Crippen molar-refractivity contribution in [3.05, 3.63) is 53.2 Å². The summed E-state index contributed by atoms with van der Waals surface area (Å²) in [5.74, 6) is 0.566. The number of ether oxygens (including phenoxy) is 3. The second kappa shape index (κ2) is 7.62. The number of aromatic nitrogens is 2. The number of nitrogens with zero attached hydrogens (tertiary/aromatic N) is 2. The summed E-state index contributed by atoms with van der Waals surface area (Å²) in [6.07, 6.45) is 0. The summed E-state index contributed by atoms with van der Waals surface area (Å²) < 4.78 is 18.0. The molecule has 0 spiro atoms. The van der Waals surface area contributed by atoms with E-state index in [4.69, 9.17) is 14.2 Å². The van der Waals surface area contributed by atoms with Gasteiger partial charge in [-0.25, -0.2) is 9.78 Å². The molecule has 0 bridgehead atoms. The number of aromatic hydroxyl groups is 1. The van der Waals surface area contributed by atoms with Crippen molar-refractivity contribution in [1.29, 1.82) is 0 Å². The van der Waals surface area contributed by atoms with E-state index in [-0.39, 0.29) is 23.9 Å². The number of carbonyl (C=O) groups excluding carboxylic acids is 1. The Labute approximate surface area is 173 Å². The number of allylic oxidation sites excluding steroid dienone is 1. The lowest BCUT2D eigenvalue weighted by molar-refractivity contribution is -0.139. The highest BCUT2D eigenvalue weighted by Gasteiger charge is 2.35. The Balaban J connectivity index is 2.02. The number of nitrogens with one attached hydrogen (secondary N) is 1. The van der Waals surface area contributed by atoms with Crippen molar-refractivity contribution in [2.24, 2.45) is 0 Å². The van der Waals surface area contributed by atoms with Crippen LogP contribution in [0.2, 0.25) is 0 Å². The monoisotopic (exact) mass is 409 g/mol. The number of benzene rings is 2. The molecule has 2 heterocycles. The van der Waals surface area contributed by atoms with Gasteiger partial charge in [-0.3, -0.25) is 4.57 Å². The summed E-state index contributed by atoms with van der Waals surface area (Å²) >= 11 is 0. The number of hydrogen-bond acceptors (Lipinski definition) is 7. The summed E-state index contributed by atoms with van der Waals surface area (Å²) in [5, 5.41) is 13.6. The molecule has 0 saturated heterocycles. The van der Waals surface area contributed by atoms with Crippen molar-refractivity contribution in [1.82, 2.24) is 9.55 Å². The van der Waals surface area contributed by atoms with E-state index in [1.807, 2.05) is 35.8 Å². The van der Waals surface area contributed by atoms with Crippen molar-refractivity contribution < 1.29 is 24.1 Å². The van der Waals surface area contributed by atoms with Gasteiger partial charge in [0.05, 0.1) is 43.5 Å². The highest BCUT2D eigenvalue weighted by molar-refractivity contribution is 5.94. The zero-order valence-electron chi connectivity index (χ0n) is 17.2. The standard InChI is InChI=1S/C22H23N3O5/c1-5-30-21(27)18-12(2)23-22-24-14-8-6-7-9-15(14)25(22)19(18)13-10-16(28-3)20(26)17(11-13)29-4/h6-11,19,26H,5H2,1-4H3,(H,23,24)/t19-/m1/s1. The van der Waals surface area contributed by atoms with Gasteiger partial charge >= 0.3 is 5.97 Å². The van der Waals surface area contributed by atoms with Gasteiger partial charge < -0.3 is 24.6 Å². The largest absolute Gasteiger partial charge is 0.502 e. The number of carbonyl (C=O) groups is 1. The average molecular weight is 409 g/mol. The maximum absolute atomic E-state index is 13.0. The molecule has 0 amide bonds. The third-order valence-electron chi connectivity index (χ3n) is 5.14. The lowest BCUT2D eigenvalue weighted by atomic mass is 9.94. The number of methoxy groups -OCH3 is 2. The Bertz CT molecular complexity index is 1140. The Morgan fingerprint density at radius 1 is 1.20 bits per heavy atom. The van der Waals surface area contributed by atoms with Gasteiger partial charge in [0, 0.05) is 5.70 Å². The van der Waals surface area contributed by atoms with Crippen LogP contribution >= 0.6 is 0 Å². The molecule has 0 unspecified atom stereocenters. The Morgan fingerprint density at radius 2 is 1.87 bits per heavy atom. The highest BCUT2D eigenvalue weighted by Crippen LogP contribution is 2.45. The maximum Gasteiger partial charge on any atom is 0.338 e. The Hall–Kier alpha value is -3.68. The minimum atomic E-state index is -0.559. The quantitative estimate of drug-likeness (QED) is 0.622. The van der Waals surface area contributed by atoms with Crippen molar-refractivity contribution in [2.75, 3.05) is 26.1 Å². The van der Waals surface area contributed by atoms with E-state index in [0.29, 0.717) is 22.8 Å². The Kier molecular flexibility index (Phi) is 4.99. The van der Waals surface area contributed by atoms with Gasteiger partial charge in [0.1, 0.15) is 0 Å². The fourth-order valence-corrected chi connectivity index (χ4v) is 3.82. The lowest BCUT2D eigenvalue weighted by Crippen LogP contribution is -2.29. The second-order valence-corrected chi connectivity index (χ2v) is 6.85. The topological polar surface area (TPSA) is 94.8 Å². The number of rotatable bonds is 5. The second-order valence-electron chi connectivity index (χ2n) is 6.85. The maximum atomic E-state index is 13.0. The van der Waals surface area contributed by atoms with Crippen LogP contribution < -0.4 is 14.8 Å². The van der Waals surface area contributed by atoms with Gasteiger partial charge in [-0.1, -0.05) is 12.1 Å². The number of phenols is 1. The van der Waals surface area contributed by atoms with Gasteiger partial charge in [0.15, 0.2) is 11.5 Å². The van der Waals surface area contributed by atoms with Crippen LogP contribution in [0.5, 0.6) is 17.2 Å². The minimum Gasteiger partial charge on any atom is -0.502 e. The first-order valence-corrected chi connectivity index (χ1v) is 9.56. The van der Waals surface area contributed by atoms with Gasteiger partial charge in [0.25, 0.3) is 0 Å². The third-order valence-corrected chi connectivity index (χ3v) is 5.14. The molecule has 2 aromatic carbocycles. The van der Waals surface area contributed by atoms with Gasteiger partial charge in [0.2, 0.25) is 11.7 Å². The molecule has 156 valence electrons. The molecule has 0 aliphatic carbocycles. The summed E-state index contributed by atoms with van der Waals surface area (Å²) in [6, 6.07) is 10.5. The average Bonchev–Trinajstić information content (AvgIpc) is 3.10. The van der Waals surface area contributed by atoms with Crippen LogP contribution in [0.25, 0.3) is 11.0 Å². The van der Waals surface area contributed by atoms with Crippen LogP contribution in [0.4, 0.5) is 5.95 Å². The number of fused-ring (bicyclic) bond motifs is 3. The number of imidazole rings is 1. The van der Waals surface area contributed by atoms with Crippen LogP contribution in [0, 0.1) is 0 Å². The van der Waals surface area contributed by atoms with Crippen molar-refractivity contribution in [2.45, 2.75) is 19.9 Å². The first-order chi connectivity index (χ1) is 14.5. The molecule has 30 heavy (non-hydrogen) atoms. The van der Waals surface area contributed by atoms with E-state index in [1.54, 1.807) is 19.1 Å². The molecule has 1 atom stereocenters. The van der Waals surface area contributed by atoms with Crippen molar-refractivity contribution in [3.63, 3.8) is 0 Å². The molecular weight excluding hydrogens is 386 g/mol. The van der Waals surface area contributed by atoms with E-state index >= 15 is 0 Å². The van der Waals surface area contributed by atoms with Crippen LogP contribution in [-0.4, -0.2) is 41.5 Å². The van der Waals surface area contributed by atoms with Crippen LogP contribution in [0.1, 0.15) is 25.5 Å². The minimum absolute atomic E-state index is 0.105. The van der Waals surface area contributed by atoms with E-state index in [1.165, 1.54) is 14.2 Å². The molecule has 1 aliphatic heterocycles. The van der Waals surface area contributed by atoms with E-state index in [0.717, 1.165) is 11.0 Å². The number of esters is 1. The van der Waals surface area contributed by atoms with E-state index in [2.05, 4.69) is 10.3 Å². The number of phenolic OH excluding ortho intramolecular Hbond substituents is 1. The van der Waals surface area contributed by atoms with Crippen molar-refractivity contribution in [3.8, 4) is 17.2 Å². The highest BCUT2D eigenvalue weighted by atomic mass is 16.5. The van der Waals surface area contributed by atoms with Gasteiger partial charge in [-0.05, 0) is 43.7 Å². The molecule has 8 heteroatoms. The summed E-state index contributed by atoms with van der Waals surface area (Å²) in [7, 11) is 2.93.